The van der Waals surface area contributed by atoms with Gasteiger partial charge in [0.1, 0.15) is 6.61 Å². The molecule has 1 atom stereocenters. The van der Waals surface area contributed by atoms with Gasteiger partial charge in [-0.25, -0.2) is 8.78 Å². The number of nitrogens with one attached hydrogen (secondary N) is 1. The van der Waals surface area contributed by atoms with Gasteiger partial charge in [0.05, 0.1) is 0 Å². The zero-order chi connectivity index (χ0) is 15.7. The summed E-state index contributed by atoms with van der Waals surface area (Å²) < 4.78 is 29.0. The summed E-state index contributed by atoms with van der Waals surface area (Å²) in [6.07, 6.45) is -0.0413. The molecule has 0 saturated carbocycles. The first-order chi connectivity index (χ1) is 10.0. The van der Waals surface area contributed by atoms with E-state index in [1.807, 2.05) is 6.07 Å². The zero-order valence-corrected chi connectivity index (χ0v) is 13.6. The van der Waals surface area contributed by atoms with Gasteiger partial charge in [-0.1, -0.05) is 36.2 Å². The van der Waals surface area contributed by atoms with Crippen molar-refractivity contribution in [3.05, 3.63) is 33.8 Å². The zero-order valence-electron chi connectivity index (χ0n) is 12.0. The highest BCUT2D eigenvalue weighted by Crippen LogP contribution is 2.22. The number of hydrogen-bond acceptors (Lipinski definition) is 2. The van der Waals surface area contributed by atoms with Gasteiger partial charge in [0, 0.05) is 22.7 Å². The molecule has 0 bridgehead atoms. The highest BCUT2D eigenvalue weighted by Gasteiger charge is 2.12. The number of benzene rings is 1. The normalized spacial score (nSPS) is 12.9. The van der Waals surface area contributed by atoms with Crippen LogP contribution in [0.25, 0.3) is 0 Å². The molecule has 0 aliphatic heterocycles. The van der Waals surface area contributed by atoms with Crippen molar-refractivity contribution in [2.75, 3.05) is 19.8 Å². The summed E-state index contributed by atoms with van der Waals surface area (Å²) in [6, 6.07) is 5.54. The van der Waals surface area contributed by atoms with Gasteiger partial charge in [-0.15, -0.1) is 0 Å². The molecule has 1 rings (SSSR count). The van der Waals surface area contributed by atoms with Crippen LogP contribution in [-0.2, 0) is 11.2 Å². The monoisotopic (exact) mass is 339 g/mol. The van der Waals surface area contributed by atoms with E-state index in [0.29, 0.717) is 29.5 Å². The molecule has 0 aromatic heterocycles. The maximum Gasteiger partial charge on any atom is 0.261 e. The largest absolute Gasteiger partial charge is 0.375 e. The highest BCUT2D eigenvalue weighted by atomic mass is 35.5. The fraction of sp³-hybridized carbons (Fsp3) is 0.600. The number of alkyl halides is 2. The molecule has 0 aliphatic carbocycles. The van der Waals surface area contributed by atoms with E-state index >= 15 is 0 Å². The fourth-order valence-corrected chi connectivity index (χ4v) is 2.46. The van der Waals surface area contributed by atoms with Crippen LogP contribution in [0.1, 0.15) is 25.3 Å². The molecule has 6 heteroatoms. The van der Waals surface area contributed by atoms with Crippen LogP contribution in [-0.4, -0.2) is 32.2 Å². The minimum Gasteiger partial charge on any atom is -0.375 e. The Morgan fingerprint density at radius 3 is 2.67 bits per heavy atom. The Balaban J connectivity index is 2.51. The summed E-state index contributed by atoms with van der Waals surface area (Å²) in [5.74, 6) is 0. The smallest absolute Gasteiger partial charge is 0.261 e. The first-order valence-electron chi connectivity index (χ1n) is 7.06. The molecule has 0 fully saturated rings. The molecule has 21 heavy (non-hydrogen) atoms. The average Bonchev–Trinajstić information content (AvgIpc) is 2.43. The molecular weight excluding hydrogens is 319 g/mol. The Hall–Kier alpha value is -0.420. The van der Waals surface area contributed by atoms with Crippen molar-refractivity contribution >= 4 is 23.2 Å². The molecule has 1 aromatic carbocycles. The van der Waals surface area contributed by atoms with Crippen LogP contribution in [0, 0.1) is 0 Å². The third-order valence-electron chi connectivity index (χ3n) is 3.02. The van der Waals surface area contributed by atoms with Crippen molar-refractivity contribution in [2.45, 2.75) is 38.7 Å². The molecule has 0 heterocycles. The minimum atomic E-state index is -2.42. The van der Waals surface area contributed by atoms with E-state index in [4.69, 9.17) is 27.9 Å². The van der Waals surface area contributed by atoms with Crippen LogP contribution in [0.4, 0.5) is 8.78 Å². The fourth-order valence-electron chi connectivity index (χ4n) is 1.98. The Morgan fingerprint density at radius 1 is 1.29 bits per heavy atom. The number of rotatable bonds is 10. The van der Waals surface area contributed by atoms with Gasteiger partial charge in [0.25, 0.3) is 6.43 Å². The molecule has 1 aromatic rings. The number of ether oxygens (including phenoxy) is 1. The van der Waals surface area contributed by atoms with Gasteiger partial charge < -0.3 is 10.1 Å². The molecule has 1 unspecified atom stereocenters. The predicted octanol–water partition coefficient (Wildman–Crippen LogP) is 4.58. The molecule has 0 aliphatic rings. The average molecular weight is 340 g/mol. The van der Waals surface area contributed by atoms with Crippen LogP contribution < -0.4 is 5.32 Å². The summed E-state index contributed by atoms with van der Waals surface area (Å²) in [4.78, 5) is 0. The second-order valence-corrected chi connectivity index (χ2v) is 5.69. The SMILES string of the molecule is CCCNC(CCOCC(F)F)Cc1ccc(Cl)cc1Cl. The maximum absolute atomic E-state index is 12.0. The third-order valence-corrected chi connectivity index (χ3v) is 3.61. The lowest BCUT2D eigenvalue weighted by atomic mass is 10.0. The lowest BCUT2D eigenvalue weighted by molar-refractivity contribution is 0.0144. The quantitative estimate of drug-likeness (QED) is 0.630. The van der Waals surface area contributed by atoms with E-state index in [1.165, 1.54) is 0 Å². The van der Waals surface area contributed by atoms with Crippen LogP contribution in [0.15, 0.2) is 18.2 Å². The first-order valence-corrected chi connectivity index (χ1v) is 7.81. The Bertz CT molecular complexity index is 419. The second kappa shape index (κ2) is 10.3. The van der Waals surface area contributed by atoms with Crippen molar-refractivity contribution in [1.29, 1.82) is 0 Å². The Kier molecular flexibility index (Phi) is 9.16. The van der Waals surface area contributed by atoms with E-state index in [1.54, 1.807) is 12.1 Å². The van der Waals surface area contributed by atoms with Crippen LogP contribution in [0.2, 0.25) is 10.0 Å². The van der Waals surface area contributed by atoms with Gasteiger partial charge in [-0.3, -0.25) is 0 Å². The summed E-state index contributed by atoms with van der Waals surface area (Å²) in [5.41, 5.74) is 0.989. The van der Waals surface area contributed by atoms with Crippen molar-refractivity contribution in [3.63, 3.8) is 0 Å². The third kappa shape index (κ3) is 7.96. The lowest BCUT2D eigenvalue weighted by Crippen LogP contribution is -2.33. The molecular formula is C15H21Cl2F2NO. The summed E-state index contributed by atoms with van der Waals surface area (Å²) >= 11 is 12.0. The Labute approximate surface area is 134 Å². The van der Waals surface area contributed by atoms with E-state index in [-0.39, 0.29) is 6.04 Å². The van der Waals surface area contributed by atoms with E-state index < -0.39 is 13.0 Å². The molecule has 0 amide bonds. The summed E-state index contributed by atoms with van der Waals surface area (Å²) in [5, 5.41) is 4.61. The molecule has 1 N–H and O–H groups in total. The van der Waals surface area contributed by atoms with Gasteiger partial charge in [-0.2, -0.15) is 0 Å². The lowest BCUT2D eigenvalue weighted by Gasteiger charge is -2.19. The predicted molar refractivity (Wildman–Crippen MR) is 83.7 cm³/mol. The van der Waals surface area contributed by atoms with E-state index in [2.05, 4.69) is 12.2 Å². The Morgan fingerprint density at radius 2 is 2.05 bits per heavy atom. The van der Waals surface area contributed by atoms with Crippen molar-refractivity contribution < 1.29 is 13.5 Å². The molecule has 2 nitrogen and oxygen atoms in total. The maximum atomic E-state index is 12.0. The van der Waals surface area contributed by atoms with Crippen molar-refractivity contribution in [1.82, 2.24) is 5.32 Å². The molecule has 120 valence electrons. The summed E-state index contributed by atoms with van der Waals surface area (Å²) in [6.45, 7) is 2.73. The van der Waals surface area contributed by atoms with E-state index in [0.717, 1.165) is 18.5 Å². The number of hydrogen-bond donors (Lipinski definition) is 1. The first kappa shape index (κ1) is 18.6. The second-order valence-electron chi connectivity index (χ2n) is 4.85. The van der Waals surface area contributed by atoms with E-state index in [9.17, 15) is 8.78 Å². The standard InChI is InChI=1S/C15H21Cl2F2NO/c1-2-6-20-13(5-7-21-10-15(18)19)8-11-3-4-12(16)9-14(11)17/h3-4,9,13,15,20H,2,5-8,10H2,1H3. The van der Waals surface area contributed by atoms with Gasteiger partial charge in [0.2, 0.25) is 0 Å². The van der Waals surface area contributed by atoms with Crippen molar-refractivity contribution in [3.8, 4) is 0 Å². The van der Waals surface area contributed by atoms with Crippen LogP contribution in [0.5, 0.6) is 0 Å². The van der Waals surface area contributed by atoms with Crippen LogP contribution >= 0.6 is 23.2 Å². The highest BCUT2D eigenvalue weighted by molar-refractivity contribution is 6.35. The van der Waals surface area contributed by atoms with Crippen LogP contribution in [0.3, 0.4) is 0 Å². The molecule has 0 radical (unpaired) electrons. The molecule has 0 saturated heterocycles. The molecule has 0 spiro atoms. The summed E-state index contributed by atoms with van der Waals surface area (Å²) in [7, 11) is 0. The minimum absolute atomic E-state index is 0.140. The van der Waals surface area contributed by atoms with Crippen molar-refractivity contribution in [2.24, 2.45) is 0 Å². The van der Waals surface area contributed by atoms with Gasteiger partial charge >= 0.3 is 0 Å². The van der Waals surface area contributed by atoms with Gasteiger partial charge in [0.15, 0.2) is 0 Å². The van der Waals surface area contributed by atoms with Gasteiger partial charge in [-0.05, 0) is 43.5 Å². The topological polar surface area (TPSA) is 21.3 Å². The number of halogens is 4.